The van der Waals surface area contributed by atoms with Crippen LogP contribution in [0.5, 0.6) is 0 Å². The van der Waals surface area contributed by atoms with Gasteiger partial charge >= 0.3 is 0 Å². The molecule has 6 rings (SSSR count). The van der Waals surface area contributed by atoms with Crippen LogP contribution in [0, 0.1) is 0 Å². The molecule has 37 heavy (non-hydrogen) atoms. The molecule has 0 unspecified atom stereocenters. The largest absolute Gasteiger partial charge is 0.390 e. The minimum Gasteiger partial charge on any atom is -0.390 e. The Bertz CT molecular complexity index is 1380. The Morgan fingerprint density at radius 1 is 0.892 bits per heavy atom. The van der Waals surface area contributed by atoms with Crippen molar-refractivity contribution in [2.45, 2.75) is 30.9 Å². The Balaban J connectivity index is 1.36. The second-order valence-electron chi connectivity index (χ2n) is 10.8. The van der Waals surface area contributed by atoms with Crippen LogP contribution in [0.3, 0.4) is 0 Å². The summed E-state index contributed by atoms with van der Waals surface area (Å²) in [6.45, 7) is 5.90. The van der Waals surface area contributed by atoms with Gasteiger partial charge in [0.15, 0.2) is 0 Å². The van der Waals surface area contributed by atoms with Crippen molar-refractivity contribution < 1.29 is 5.11 Å². The number of pyridine rings is 1. The second-order valence-corrected chi connectivity index (χ2v) is 11.8. The Labute approximate surface area is 222 Å². The summed E-state index contributed by atoms with van der Waals surface area (Å²) in [5.41, 5.74) is 10.8. The lowest BCUT2D eigenvalue weighted by Gasteiger charge is -2.49. The second kappa shape index (κ2) is 9.33. The standard InChI is InChI=1S/C30H33N5OS/c1-29(36)19-30(31,20-29)24-10-8-21(9-11-24)26-27(22-6-4-3-5-7-22)37-28(33-26)23-12-13-32-25(18-23)35-16-14-34(2)15-17-35/h3-13,18,36H,14-17,19-20,31H2,1-2H3. The van der Waals surface area contributed by atoms with E-state index in [0.29, 0.717) is 12.8 Å². The Hall–Kier alpha value is -3.10. The van der Waals surface area contributed by atoms with Crippen molar-refractivity contribution >= 4 is 17.2 Å². The molecule has 2 aliphatic rings. The van der Waals surface area contributed by atoms with Gasteiger partial charge in [-0.25, -0.2) is 9.97 Å². The van der Waals surface area contributed by atoms with Crippen molar-refractivity contribution in [2.24, 2.45) is 5.73 Å². The molecular weight excluding hydrogens is 478 g/mol. The highest BCUT2D eigenvalue weighted by molar-refractivity contribution is 7.19. The van der Waals surface area contributed by atoms with Gasteiger partial charge in [0, 0.05) is 49.0 Å². The number of aromatic nitrogens is 2. The molecule has 1 saturated heterocycles. The SMILES string of the molecule is CN1CCN(c2cc(-c3nc(-c4ccc(C5(N)CC(C)(O)C5)cc4)c(-c4ccccc4)s3)ccn2)CC1. The predicted molar refractivity (Wildman–Crippen MR) is 152 cm³/mol. The zero-order valence-corrected chi connectivity index (χ0v) is 22.2. The first-order valence-corrected chi connectivity index (χ1v) is 13.7. The summed E-state index contributed by atoms with van der Waals surface area (Å²) >= 11 is 1.72. The summed E-state index contributed by atoms with van der Waals surface area (Å²) in [7, 11) is 2.17. The van der Waals surface area contributed by atoms with Crippen LogP contribution in [-0.4, -0.2) is 58.8 Å². The maximum absolute atomic E-state index is 10.2. The third-order valence-corrected chi connectivity index (χ3v) is 8.76. The number of rotatable bonds is 5. The fraction of sp³-hybridized carbons (Fsp3) is 0.333. The van der Waals surface area contributed by atoms with Crippen LogP contribution in [0.25, 0.3) is 32.3 Å². The van der Waals surface area contributed by atoms with Gasteiger partial charge in [0.1, 0.15) is 10.8 Å². The minimum absolute atomic E-state index is 0.464. The van der Waals surface area contributed by atoms with Crippen LogP contribution >= 0.6 is 11.3 Å². The molecule has 7 heteroatoms. The highest BCUT2D eigenvalue weighted by Gasteiger charge is 2.49. The fourth-order valence-corrected chi connectivity index (χ4v) is 6.75. The van der Waals surface area contributed by atoms with Gasteiger partial charge in [-0.3, -0.25) is 0 Å². The van der Waals surface area contributed by atoms with Crippen molar-refractivity contribution in [1.29, 1.82) is 0 Å². The zero-order valence-electron chi connectivity index (χ0n) is 21.4. The van der Waals surface area contributed by atoms with E-state index in [1.54, 1.807) is 11.3 Å². The summed E-state index contributed by atoms with van der Waals surface area (Å²) < 4.78 is 0. The lowest BCUT2D eigenvalue weighted by atomic mass is 9.63. The van der Waals surface area contributed by atoms with E-state index in [-0.39, 0.29) is 0 Å². The summed E-state index contributed by atoms with van der Waals surface area (Å²) in [5.74, 6) is 1.01. The number of thiazole rings is 1. The van der Waals surface area contributed by atoms with Crippen molar-refractivity contribution in [2.75, 3.05) is 38.1 Å². The molecule has 4 aromatic rings. The third kappa shape index (κ3) is 4.80. The van der Waals surface area contributed by atoms with E-state index in [4.69, 9.17) is 10.7 Å². The Morgan fingerprint density at radius 3 is 2.27 bits per heavy atom. The zero-order chi connectivity index (χ0) is 25.6. The molecule has 2 aromatic carbocycles. The third-order valence-electron chi connectivity index (χ3n) is 7.61. The summed E-state index contributed by atoms with van der Waals surface area (Å²) in [5, 5.41) is 11.2. The molecule has 3 N–H and O–H groups in total. The molecule has 0 radical (unpaired) electrons. The van der Waals surface area contributed by atoms with Crippen LogP contribution in [0.15, 0.2) is 72.9 Å². The molecule has 1 aliphatic heterocycles. The number of aliphatic hydroxyl groups is 1. The number of hydrogen-bond donors (Lipinski definition) is 2. The number of nitrogens with zero attached hydrogens (tertiary/aromatic N) is 4. The van der Waals surface area contributed by atoms with Gasteiger partial charge in [-0.2, -0.15) is 0 Å². The number of benzene rings is 2. The number of likely N-dealkylation sites (N-methyl/N-ethyl adjacent to an activating group) is 1. The number of anilines is 1. The minimum atomic E-state index is -0.675. The van der Waals surface area contributed by atoms with Crippen LogP contribution in [-0.2, 0) is 5.54 Å². The summed E-state index contributed by atoms with van der Waals surface area (Å²) in [6.07, 6.45) is 3.05. The smallest absolute Gasteiger partial charge is 0.129 e. The number of nitrogens with two attached hydrogens (primary N) is 1. The van der Waals surface area contributed by atoms with Gasteiger partial charge < -0.3 is 20.6 Å². The molecular formula is C30H33N5OS. The van der Waals surface area contributed by atoms with Crippen molar-refractivity contribution in [3.63, 3.8) is 0 Å². The normalized spacial score (nSPS) is 24.2. The molecule has 0 atom stereocenters. The van der Waals surface area contributed by atoms with Gasteiger partial charge in [0.25, 0.3) is 0 Å². The highest BCUT2D eigenvalue weighted by Crippen LogP contribution is 2.47. The van der Waals surface area contributed by atoms with Gasteiger partial charge in [-0.1, -0.05) is 54.6 Å². The van der Waals surface area contributed by atoms with Crippen molar-refractivity contribution in [3.05, 3.63) is 78.5 Å². The molecule has 1 saturated carbocycles. The maximum Gasteiger partial charge on any atom is 0.129 e. The average molecular weight is 512 g/mol. The van der Waals surface area contributed by atoms with Crippen LogP contribution in [0.4, 0.5) is 5.82 Å². The van der Waals surface area contributed by atoms with Crippen LogP contribution < -0.4 is 10.6 Å². The first-order chi connectivity index (χ1) is 17.8. The van der Waals surface area contributed by atoms with Crippen molar-refractivity contribution in [3.8, 4) is 32.3 Å². The first-order valence-electron chi connectivity index (χ1n) is 12.9. The molecule has 2 aromatic heterocycles. The van der Waals surface area contributed by atoms with Crippen LogP contribution in [0.2, 0.25) is 0 Å². The molecule has 3 heterocycles. The molecule has 2 fully saturated rings. The molecule has 1 aliphatic carbocycles. The molecule has 0 bridgehead atoms. The molecule has 190 valence electrons. The van der Waals surface area contributed by atoms with Crippen LogP contribution in [0.1, 0.15) is 25.3 Å². The molecule has 0 spiro atoms. The van der Waals surface area contributed by atoms with Gasteiger partial charge in [0.2, 0.25) is 0 Å². The van der Waals surface area contributed by atoms with E-state index in [0.717, 1.165) is 69.8 Å². The van der Waals surface area contributed by atoms with E-state index in [1.807, 2.05) is 19.2 Å². The quantitative estimate of drug-likeness (QED) is 0.393. The Kier molecular flexibility index (Phi) is 6.12. The number of hydrogen-bond acceptors (Lipinski definition) is 7. The number of piperazine rings is 1. The monoisotopic (exact) mass is 511 g/mol. The van der Waals surface area contributed by atoms with Gasteiger partial charge in [-0.15, -0.1) is 11.3 Å². The predicted octanol–water partition coefficient (Wildman–Crippen LogP) is 4.99. The lowest BCUT2D eigenvalue weighted by molar-refractivity contribution is -0.0738. The highest BCUT2D eigenvalue weighted by atomic mass is 32.1. The Morgan fingerprint density at radius 2 is 1.59 bits per heavy atom. The van der Waals surface area contributed by atoms with Gasteiger partial charge in [0.05, 0.1) is 16.2 Å². The van der Waals surface area contributed by atoms with E-state index in [1.165, 1.54) is 0 Å². The van der Waals surface area contributed by atoms with E-state index in [2.05, 4.69) is 82.5 Å². The summed E-state index contributed by atoms with van der Waals surface area (Å²) in [4.78, 5) is 15.7. The van der Waals surface area contributed by atoms with E-state index in [9.17, 15) is 5.11 Å². The maximum atomic E-state index is 10.2. The molecule has 0 amide bonds. The summed E-state index contributed by atoms with van der Waals surface area (Å²) in [6, 6.07) is 23.1. The first kappa shape index (κ1) is 24.2. The van der Waals surface area contributed by atoms with E-state index >= 15 is 0 Å². The molecule has 6 nitrogen and oxygen atoms in total. The van der Waals surface area contributed by atoms with Gasteiger partial charge in [-0.05, 0) is 50.1 Å². The topological polar surface area (TPSA) is 78.5 Å². The lowest BCUT2D eigenvalue weighted by Crippen LogP contribution is -2.58. The van der Waals surface area contributed by atoms with Crippen molar-refractivity contribution in [1.82, 2.24) is 14.9 Å². The fourth-order valence-electron chi connectivity index (χ4n) is 5.66. The van der Waals surface area contributed by atoms with E-state index < -0.39 is 11.1 Å². The average Bonchev–Trinajstić information content (AvgIpc) is 3.34.